The summed E-state index contributed by atoms with van der Waals surface area (Å²) in [6, 6.07) is 4.25. The Bertz CT molecular complexity index is 465. The standard InChI is InChI=1S/C9H5F3N2/c10-9(11,12)8-4-7-6(5-14-8)2-1-3-13-7/h1-5H. The van der Waals surface area contributed by atoms with Crippen LogP contribution in [0.15, 0.2) is 30.6 Å². The van der Waals surface area contributed by atoms with E-state index in [1.54, 1.807) is 12.1 Å². The van der Waals surface area contributed by atoms with Crippen LogP contribution in [0.2, 0.25) is 0 Å². The quantitative estimate of drug-likeness (QED) is 0.650. The number of fused-ring (bicyclic) bond motifs is 1. The van der Waals surface area contributed by atoms with E-state index in [9.17, 15) is 13.2 Å². The lowest BCUT2D eigenvalue weighted by molar-refractivity contribution is -0.141. The van der Waals surface area contributed by atoms with Gasteiger partial charge in [-0.25, -0.2) is 0 Å². The van der Waals surface area contributed by atoms with Crippen LogP contribution in [0.3, 0.4) is 0 Å². The normalized spacial score (nSPS) is 11.9. The molecule has 0 aromatic carbocycles. The maximum Gasteiger partial charge on any atom is 0.433 e. The molecule has 0 unspecified atom stereocenters. The van der Waals surface area contributed by atoms with Crippen LogP contribution in [0.1, 0.15) is 5.69 Å². The van der Waals surface area contributed by atoms with Crippen molar-refractivity contribution >= 4 is 10.9 Å². The summed E-state index contributed by atoms with van der Waals surface area (Å²) in [4.78, 5) is 7.13. The number of alkyl halides is 3. The summed E-state index contributed by atoms with van der Waals surface area (Å²) in [7, 11) is 0. The predicted molar refractivity (Wildman–Crippen MR) is 44.5 cm³/mol. The van der Waals surface area contributed by atoms with E-state index in [0.29, 0.717) is 10.9 Å². The van der Waals surface area contributed by atoms with Crippen molar-refractivity contribution < 1.29 is 13.2 Å². The number of nitrogens with zero attached hydrogens (tertiary/aromatic N) is 2. The summed E-state index contributed by atoms with van der Waals surface area (Å²) in [6.45, 7) is 0. The van der Waals surface area contributed by atoms with Gasteiger partial charge in [-0.05, 0) is 18.2 Å². The summed E-state index contributed by atoms with van der Waals surface area (Å²) < 4.78 is 36.7. The lowest BCUT2D eigenvalue weighted by Crippen LogP contribution is -2.07. The second-order valence-electron chi connectivity index (χ2n) is 2.76. The smallest absolute Gasteiger partial charge is 0.256 e. The minimum absolute atomic E-state index is 0.301. The van der Waals surface area contributed by atoms with Crippen LogP contribution in [0, 0.1) is 0 Å². The molecule has 0 fully saturated rings. The molecular formula is C9H5F3N2. The maximum atomic E-state index is 12.2. The number of hydrogen-bond donors (Lipinski definition) is 0. The second-order valence-corrected chi connectivity index (χ2v) is 2.76. The molecule has 0 aliphatic carbocycles. The Labute approximate surface area is 77.4 Å². The third-order valence-corrected chi connectivity index (χ3v) is 1.78. The Kier molecular flexibility index (Phi) is 1.87. The first kappa shape index (κ1) is 8.93. The molecular weight excluding hydrogens is 193 g/mol. The zero-order valence-electron chi connectivity index (χ0n) is 6.92. The average molecular weight is 198 g/mol. The summed E-state index contributed by atoms with van der Waals surface area (Å²) >= 11 is 0. The van der Waals surface area contributed by atoms with Crippen LogP contribution in [0.25, 0.3) is 10.9 Å². The molecule has 0 aliphatic rings. The largest absolute Gasteiger partial charge is 0.433 e. The Morgan fingerprint density at radius 1 is 1.14 bits per heavy atom. The van der Waals surface area contributed by atoms with Crippen molar-refractivity contribution in [3.63, 3.8) is 0 Å². The third-order valence-electron chi connectivity index (χ3n) is 1.78. The predicted octanol–water partition coefficient (Wildman–Crippen LogP) is 2.65. The number of rotatable bonds is 0. The van der Waals surface area contributed by atoms with Gasteiger partial charge in [-0.3, -0.25) is 9.97 Å². The van der Waals surface area contributed by atoms with Crippen molar-refractivity contribution in [3.8, 4) is 0 Å². The van der Waals surface area contributed by atoms with E-state index in [0.717, 1.165) is 6.07 Å². The zero-order chi connectivity index (χ0) is 10.2. The molecule has 0 saturated carbocycles. The van der Waals surface area contributed by atoms with Gasteiger partial charge in [-0.15, -0.1) is 0 Å². The molecule has 0 saturated heterocycles. The molecule has 0 spiro atoms. The van der Waals surface area contributed by atoms with Gasteiger partial charge < -0.3 is 0 Å². The average Bonchev–Trinajstić information content (AvgIpc) is 2.16. The Balaban J connectivity index is 2.63. The minimum atomic E-state index is -4.41. The van der Waals surface area contributed by atoms with E-state index in [4.69, 9.17) is 0 Å². The Morgan fingerprint density at radius 2 is 1.93 bits per heavy atom. The molecule has 2 heterocycles. The highest BCUT2D eigenvalue weighted by Gasteiger charge is 2.32. The fourth-order valence-electron chi connectivity index (χ4n) is 1.12. The summed E-state index contributed by atoms with van der Waals surface area (Å²) in [6.07, 6.45) is -1.79. The first-order valence-electron chi connectivity index (χ1n) is 3.85. The molecule has 0 radical (unpaired) electrons. The highest BCUT2D eigenvalue weighted by atomic mass is 19.4. The van der Waals surface area contributed by atoms with Crippen LogP contribution >= 0.6 is 0 Å². The summed E-state index contributed by atoms with van der Waals surface area (Å²) in [5, 5.41) is 0.598. The molecule has 2 rings (SSSR count). The first-order valence-corrected chi connectivity index (χ1v) is 3.85. The second kappa shape index (κ2) is 2.94. The number of hydrogen-bond acceptors (Lipinski definition) is 2. The molecule has 72 valence electrons. The van der Waals surface area contributed by atoms with Crippen molar-refractivity contribution in [2.24, 2.45) is 0 Å². The van der Waals surface area contributed by atoms with Crippen LogP contribution in [0.5, 0.6) is 0 Å². The van der Waals surface area contributed by atoms with Crippen LogP contribution in [0.4, 0.5) is 13.2 Å². The molecule has 2 nitrogen and oxygen atoms in total. The molecule has 0 bridgehead atoms. The van der Waals surface area contributed by atoms with Gasteiger partial charge in [0.05, 0.1) is 5.52 Å². The van der Waals surface area contributed by atoms with E-state index >= 15 is 0 Å². The molecule has 0 N–H and O–H groups in total. The van der Waals surface area contributed by atoms with Crippen molar-refractivity contribution in [2.45, 2.75) is 6.18 Å². The molecule has 5 heteroatoms. The van der Waals surface area contributed by atoms with E-state index in [2.05, 4.69) is 9.97 Å². The molecule has 0 aliphatic heterocycles. The fourth-order valence-corrected chi connectivity index (χ4v) is 1.12. The molecule has 0 amide bonds. The molecule has 14 heavy (non-hydrogen) atoms. The minimum Gasteiger partial charge on any atom is -0.256 e. The maximum absolute atomic E-state index is 12.2. The molecule has 2 aromatic rings. The van der Waals surface area contributed by atoms with Crippen molar-refractivity contribution in [1.29, 1.82) is 0 Å². The van der Waals surface area contributed by atoms with E-state index in [1.165, 1.54) is 12.4 Å². The number of pyridine rings is 2. The Hall–Kier alpha value is -1.65. The van der Waals surface area contributed by atoms with Gasteiger partial charge in [0.15, 0.2) is 0 Å². The number of halogens is 3. The highest BCUT2D eigenvalue weighted by molar-refractivity contribution is 5.77. The van der Waals surface area contributed by atoms with E-state index in [-0.39, 0.29) is 0 Å². The van der Waals surface area contributed by atoms with Crippen LogP contribution in [-0.2, 0) is 6.18 Å². The van der Waals surface area contributed by atoms with Gasteiger partial charge in [0, 0.05) is 17.8 Å². The van der Waals surface area contributed by atoms with Gasteiger partial charge in [0.2, 0.25) is 0 Å². The van der Waals surface area contributed by atoms with Gasteiger partial charge in [-0.2, -0.15) is 13.2 Å². The fraction of sp³-hybridized carbons (Fsp3) is 0.111. The third kappa shape index (κ3) is 1.53. The lowest BCUT2D eigenvalue weighted by atomic mass is 10.2. The Morgan fingerprint density at radius 3 is 2.64 bits per heavy atom. The topological polar surface area (TPSA) is 25.8 Å². The van der Waals surface area contributed by atoms with Gasteiger partial charge in [-0.1, -0.05) is 0 Å². The SMILES string of the molecule is FC(F)(F)c1cc2ncccc2cn1. The van der Waals surface area contributed by atoms with Crippen molar-refractivity contribution in [1.82, 2.24) is 9.97 Å². The van der Waals surface area contributed by atoms with E-state index in [1.807, 2.05) is 0 Å². The monoisotopic (exact) mass is 198 g/mol. The van der Waals surface area contributed by atoms with Gasteiger partial charge >= 0.3 is 6.18 Å². The number of aromatic nitrogens is 2. The zero-order valence-corrected chi connectivity index (χ0v) is 6.92. The first-order chi connectivity index (χ1) is 6.57. The van der Waals surface area contributed by atoms with Crippen molar-refractivity contribution in [2.75, 3.05) is 0 Å². The molecule has 2 aromatic heterocycles. The van der Waals surface area contributed by atoms with Gasteiger partial charge in [0.1, 0.15) is 5.69 Å². The van der Waals surface area contributed by atoms with Gasteiger partial charge in [0.25, 0.3) is 0 Å². The van der Waals surface area contributed by atoms with Crippen molar-refractivity contribution in [3.05, 3.63) is 36.3 Å². The van der Waals surface area contributed by atoms with E-state index < -0.39 is 11.9 Å². The molecule has 0 atom stereocenters. The summed E-state index contributed by atoms with van der Waals surface area (Å²) in [5.74, 6) is 0. The summed E-state index contributed by atoms with van der Waals surface area (Å²) in [5.41, 5.74) is -0.612. The lowest BCUT2D eigenvalue weighted by Gasteiger charge is -2.05. The van der Waals surface area contributed by atoms with Crippen LogP contribution < -0.4 is 0 Å². The highest BCUT2D eigenvalue weighted by Crippen LogP contribution is 2.28. The van der Waals surface area contributed by atoms with Crippen LogP contribution in [-0.4, -0.2) is 9.97 Å².